The maximum atomic E-state index is 12.7. The topological polar surface area (TPSA) is 64.0 Å². The Bertz CT molecular complexity index is 966. The van der Waals surface area contributed by atoms with Gasteiger partial charge in [-0.25, -0.2) is 13.1 Å². The van der Waals surface area contributed by atoms with Gasteiger partial charge in [-0.05, 0) is 59.4 Å². The molecule has 0 radical (unpaired) electrons. The van der Waals surface area contributed by atoms with Crippen LogP contribution in [0.15, 0.2) is 57.2 Å². The van der Waals surface area contributed by atoms with Crippen LogP contribution in [0.4, 0.5) is 0 Å². The molecule has 132 valence electrons. The molecule has 0 aliphatic carbocycles. The first-order valence-electron chi connectivity index (χ1n) is 7.69. The average molecular weight is 440 g/mol. The van der Waals surface area contributed by atoms with Crippen LogP contribution in [0.3, 0.4) is 0 Å². The van der Waals surface area contributed by atoms with Crippen molar-refractivity contribution < 1.29 is 8.42 Å². The fourth-order valence-electron chi connectivity index (χ4n) is 2.68. The molecule has 25 heavy (non-hydrogen) atoms. The lowest BCUT2D eigenvalue weighted by molar-refractivity contribution is 0.499. The number of nitrogens with one attached hydrogen (secondary N) is 1. The lowest BCUT2D eigenvalue weighted by Gasteiger charge is -2.19. The number of aromatic nitrogens is 2. The molecule has 3 aromatic rings. The second-order valence-electron chi connectivity index (χ2n) is 5.69. The van der Waals surface area contributed by atoms with Crippen molar-refractivity contribution in [2.45, 2.75) is 24.8 Å². The molecule has 2 heterocycles. The molecule has 8 heteroatoms. The molecule has 5 nitrogen and oxygen atoms in total. The van der Waals surface area contributed by atoms with Gasteiger partial charge in [0.05, 0.1) is 16.6 Å². The number of halogens is 1. The van der Waals surface area contributed by atoms with Gasteiger partial charge in [-0.1, -0.05) is 18.2 Å². The van der Waals surface area contributed by atoms with Gasteiger partial charge in [-0.15, -0.1) is 11.3 Å². The molecular formula is C17H18BrN3O2S2. The number of benzene rings is 1. The molecule has 0 unspecified atom stereocenters. The molecule has 0 aliphatic heterocycles. The molecule has 2 aromatic heterocycles. The van der Waals surface area contributed by atoms with Crippen LogP contribution in [0.5, 0.6) is 0 Å². The minimum Gasteiger partial charge on any atom is -0.260 e. The average Bonchev–Trinajstić information content (AvgIpc) is 3.18. The molecule has 0 saturated heterocycles. The Morgan fingerprint density at radius 2 is 2.00 bits per heavy atom. The molecule has 0 spiro atoms. The highest BCUT2D eigenvalue weighted by Gasteiger charge is 2.23. The Balaban J connectivity index is 1.90. The fourth-order valence-corrected chi connectivity index (χ4v) is 5.53. The van der Waals surface area contributed by atoms with E-state index in [1.807, 2.05) is 42.1 Å². The third-order valence-corrected chi connectivity index (χ3v) is 7.21. The lowest BCUT2D eigenvalue weighted by atomic mass is 10.2. The molecule has 0 aliphatic rings. The number of nitrogens with zero attached hydrogens (tertiary/aromatic N) is 2. The first-order valence-corrected chi connectivity index (χ1v) is 10.8. The maximum Gasteiger partial charge on any atom is 0.241 e. The highest BCUT2D eigenvalue weighted by Crippen LogP contribution is 2.26. The minimum absolute atomic E-state index is 0.189. The smallest absolute Gasteiger partial charge is 0.241 e. The summed E-state index contributed by atoms with van der Waals surface area (Å²) in [5.74, 6) is 0. The van der Waals surface area contributed by atoms with Crippen molar-refractivity contribution in [2.24, 2.45) is 0 Å². The van der Waals surface area contributed by atoms with E-state index in [-0.39, 0.29) is 17.5 Å². The van der Waals surface area contributed by atoms with Crippen LogP contribution in [0, 0.1) is 13.8 Å². The first-order chi connectivity index (χ1) is 11.9. The van der Waals surface area contributed by atoms with Crippen LogP contribution in [0.25, 0.3) is 0 Å². The van der Waals surface area contributed by atoms with Gasteiger partial charge in [-0.3, -0.25) is 4.68 Å². The Kier molecular flexibility index (Phi) is 5.43. The summed E-state index contributed by atoms with van der Waals surface area (Å²) in [4.78, 5) is 1.29. The van der Waals surface area contributed by atoms with E-state index in [4.69, 9.17) is 0 Å². The number of thiophene rings is 1. The second kappa shape index (κ2) is 7.41. The zero-order valence-electron chi connectivity index (χ0n) is 13.8. The Morgan fingerprint density at radius 3 is 2.60 bits per heavy atom. The predicted molar refractivity (Wildman–Crippen MR) is 103 cm³/mol. The van der Waals surface area contributed by atoms with Gasteiger partial charge in [-0.2, -0.15) is 5.10 Å². The van der Waals surface area contributed by atoms with Gasteiger partial charge in [0, 0.05) is 21.6 Å². The Morgan fingerprint density at radius 1 is 1.24 bits per heavy atom. The number of rotatable bonds is 6. The van der Waals surface area contributed by atoms with Crippen LogP contribution < -0.4 is 4.72 Å². The zero-order chi connectivity index (χ0) is 18.0. The molecular weight excluding hydrogens is 422 g/mol. The lowest BCUT2D eigenvalue weighted by Crippen LogP contribution is -2.32. The second-order valence-corrected chi connectivity index (χ2v) is 9.25. The summed E-state index contributed by atoms with van der Waals surface area (Å²) >= 11 is 4.89. The quantitative estimate of drug-likeness (QED) is 0.633. The SMILES string of the molecule is Cc1cc(C)n([C@H](CNS(=O)(=O)c2ccccc2Br)c2cccs2)n1. The summed E-state index contributed by atoms with van der Waals surface area (Å²) in [6, 6.07) is 12.5. The van der Waals surface area contributed by atoms with E-state index in [1.54, 1.807) is 35.6 Å². The van der Waals surface area contributed by atoms with Crippen LogP contribution in [0.1, 0.15) is 22.3 Å². The summed E-state index contributed by atoms with van der Waals surface area (Å²) in [5, 5.41) is 6.52. The largest absolute Gasteiger partial charge is 0.260 e. The summed E-state index contributed by atoms with van der Waals surface area (Å²) in [6.45, 7) is 4.13. The van der Waals surface area contributed by atoms with E-state index in [2.05, 4.69) is 25.8 Å². The normalized spacial score (nSPS) is 13.1. The zero-order valence-corrected chi connectivity index (χ0v) is 17.0. The van der Waals surface area contributed by atoms with Crippen LogP contribution >= 0.6 is 27.3 Å². The van der Waals surface area contributed by atoms with Gasteiger partial charge >= 0.3 is 0 Å². The predicted octanol–water partition coefficient (Wildman–Crippen LogP) is 3.89. The monoisotopic (exact) mass is 439 g/mol. The molecule has 1 aromatic carbocycles. The molecule has 0 bridgehead atoms. The molecule has 0 saturated carbocycles. The van der Waals surface area contributed by atoms with E-state index >= 15 is 0 Å². The van der Waals surface area contributed by atoms with Gasteiger partial charge in [0.25, 0.3) is 0 Å². The van der Waals surface area contributed by atoms with Crippen LogP contribution in [0.2, 0.25) is 0 Å². The molecule has 0 fully saturated rings. The highest BCUT2D eigenvalue weighted by molar-refractivity contribution is 9.10. The van der Waals surface area contributed by atoms with Crippen molar-refractivity contribution in [3.63, 3.8) is 0 Å². The standard InChI is InChI=1S/C17H18BrN3O2S2/c1-12-10-13(2)21(20-12)15(16-7-5-9-24-16)11-19-25(22,23)17-8-4-3-6-14(17)18/h3-10,15,19H,11H2,1-2H3/t15-/m1/s1. The van der Waals surface area contributed by atoms with Crippen molar-refractivity contribution in [1.29, 1.82) is 0 Å². The number of sulfonamides is 1. The highest BCUT2D eigenvalue weighted by atomic mass is 79.9. The van der Waals surface area contributed by atoms with Crippen LogP contribution in [-0.4, -0.2) is 24.7 Å². The fraction of sp³-hybridized carbons (Fsp3) is 0.235. The Hall–Kier alpha value is -1.48. The summed E-state index contributed by atoms with van der Waals surface area (Å²) in [6.07, 6.45) is 0. The molecule has 1 N–H and O–H groups in total. The third-order valence-electron chi connectivity index (χ3n) is 3.80. The number of aryl methyl sites for hydroxylation is 2. The van der Waals surface area contributed by atoms with E-state index in [9.17, 15) is 8.42 Å². The van der Waals surface area contributed by atoms with Gasteiger partial charge in [0.15, 0.2) is 0 Å². The summed E-state index contributed by atoms with van der Waals surface area (Å²) < 4.78 is 30.5. The van der Waals surface area contributed by atoms with E-state index in [0.717, 1.165) is 16.3 Å². The Labute approximate surface area is 159 Å². The van der Waals surface area contributed by atoms with Crippen molar-refractivity contribution >= 4 is 37.3 Å². The van der Waals surface area contributed by atoms with Gasteiger partial charge in [0.2, 0.25) is 10.0 Å². The van der Waals surface area contributed by atoms with Crippen molar-refractivity contribution in [3.8, 4) is 0 Å². The van der Waals surface area contributed by atoms with Crippen molar-refractivity contribution in [1.82, 2.24) is 14.5 Å². The number of hydrogen-bond donors (Lipinski definition) is 1. The van der Waals surface area contributed by atoms with E-state index in [0.29, 0.717) is 4.47 Å². The van der Waals surface area contributed by atoms with E-state index in [1.165, 1.54) is 0 Å². The van der Waals surface area contributed by atoms with Crippen LogP contribution in [-0.2, 0) is 10.0 Å². The molecule has 3 rings (SSSR count). The van der Waals surface area contributed by atoms with E-state index < -0.39 is 10.0 Å². The summed E-state index contributed by atoms with van der Waals surface area (Å²) in [7, 11) is -3.62. The first kappa shape index (κ1) is 18.3. The number of hydrogen-bond acceptors (Lipinski definition) is 4. The molecule has 0 amide bonds. The van der Waals surface area contributed by atoms with Gasteiger partial charge in [0.1, 0.15) is 0 Å². The molecule has 1 atom stereocenters. The van der Waals surface area contributed by atoms with Gasteiger partial charge < -0.3 is 0 Å². The maximum absolute atomic E-state index is 12.7. The van der Waals surface area contributed by atoms with Crippen molar-refractivity contribution in [2.75, 3.05) is 6.54 Å². The third kappa shape index (κ3) is 4.03. The minimum atomic E-state index is -3.62. The van der Waals surface area contributed by atoms with Crippen molar-refractivity contribution in [3.05, 3.63) is 68.6 Å². The summed E-state index contributed by atoms with van der Waals surface area (Å²) in [5.41, 5.74) is 1.91.